The Hall–Kier alpha value is 0.580. The van der Waals surface area contributed by atoms with Gasteiger partial charge in [-0.2, -0.15) is 0 Å². The normalized spacial score (nSPS) is 77.4. The van der Waals surface area contributed by atoms with E-state index in [0.29, 0.717) is 0 Å². The first-order chi connectivity index (χ1) is 4.73. The fraction of sp³-hybridized carbons (Fsp3) is 1.00. The van der Waals surface area contributed by atoms with E-state index >= 15 is 0 Å². The predicted molar refractivity (Wildman–Crippen MR) is 40.0 cm³/mol. The van der Waals surface area contributed by atoms with E-state index < -0.39 is 0 Å². The summed E-state index contributed by atoms with van der Waals surface area (Å²) in [6.07, 6.45) is 1.46. The molecule has 10 heavy (non-hydrogen) atoms. The average Bonchev–Trinajstić information content (AvgIpc) is 2.38. The molecule has 5 fully saturated rings. The lowest BCUT2D eigenvalue weighted by Gasteiger charge is -2.45. The second-order valence-corrected chi connectivity index (χ2v) is 5.89. The first-order valence-electron chi connectivity index (χ1n) is 4.11. The molecule has 4 unspecified atom stereocenters. The minimum Gasteiger partial charge on any atom is -0.101 e. The van der Waals surface area contributed by atoms with Crippen LogP contribution in [-0.4, -0.2) is 4.33 Å². The van der Waals surface area contributed by atoms with Gasteiger partial charge in [-0.1, -0.05) is 0 Å². The zero-order chi connectivity index (χ0) is 6.67. The molecule has 0 saturated heterocycles. The van der Waals surface area contributed by atoms with Gasteiger partial charge in [0.05, 0.1) is 0 Å². The van der Waals surface area contributed by atoms with Crippen molar-refractivity contribution in [1.82, 2.24) is 0 Å². The van der Waals surface area contributed by atoms with Crippen LogP contribution in [0.15, 0.2) is 0 Å². The Morgan fingerprint density at radius 1 is 1.00 bits per heavy atom. The molecular formula is C8H8Cl2. The van der Waals surface area contributed by atoms with E-state index in [-0.39, 0.29) is 4.33 Å². The summed E-state index contributed by atoms with van der Waals surface area (Å²) in [5.41, 5.74) is 0. The van der Waals surface area contributed by atoms with E-state index in [9.17, 15) is 0 Å². The van der Waals surface area contributed by atoms with Crippen LogP contribution in [0.3, 0.4) is 0 Å². The van der Waals surface area contributed by atoms with E-state index in [1.165, 1.54) is 6.42 Å². The van der Waals surface area contributed by atoms with Crippen molar-refractivity contribution in [2.45, 2.75) is 10.8 Å². The van der Waals surface area contributed by atoms with Gasteiger partial charge >= 0.3 is 0 Å². The van der Waals surface area contributed by atoms with Crippen LogP contribution in [0.1, 0.15) is 6.42 Å². The van der Waals surface area contributed by atoms with Gasteiger partial charge in [0.15, 0.2) is 0 Å². The maximum Gasteiger partial charge on any atom is 0.125 e. The zero-order valence-electron chi connectivity index (χ0n) is 5.43. The van der Waals surface area contributed by atoms with Gasteiger partial charge < -0.3 is 0 Å². The highest BCUT2D eigenvalue weighted by molar-refractivity contribution is 6.50. The molecule has 0 aromatic heterocycles. The van der Waals surface area contributed by atoms with Crippen molar-refractivity contribution in [2.24, 2.45) is 35.5 Å². The second-order valence-electron chi connectivity index (χ2n) is 4.44. The summed E-state index contributed by atoms with van der Waals surface area (Å²) in [6.45, 7) is 0. The summed E-state index contributed by atoms with van der Waals surface area (Å²) >= 11 is 12.4. The van der Waals surface area contributed by atoms with Gasteiger partial charge in [-0.05, 0) is 41.9 Å². The molecule has 54 valence electrons. The van der Waals surface area contributed by atoms with Gasteiger partial charge in [-0.3, -0.25) is 0 Å². The van der Waals surface area contributed by atoms with Crippen molar-refractivity contribution in [3.05, 3.63) is 0 Å². The summed E-state index contributed by atoms with van der Waals surface area (Å²) < 4.78 is -0.271. The molecule has 0 radical (unpaired) electrons. The maximum atomic E-state index is 6.18. The van der Waals surface area contributed by atoms with Crippen LogP contribution in [0.25, 0.3) is 0 Å². The van der Waals surface area contributed by atoms with E-state index in [4.69, 9.17) is 23.2 Å². The molecule has 0 amide bonds. The van der Waals surface area contributed by atoms with Gasteiger partial charge in [0.2, 0.25) is 0 Å². The van der Waals surface area contributed by atoms with Crippen molar-refractivity contribution >= 4 is 23.2 Å². The monoisotopic (exact) mass is 174 g/mol. The standard InChI is InChI=1S/C8H8Cl2/c9-8(10)6-3-1-2-4(6)5(2)7(3)8/h2-7H,1H2. The quantitative estimate of drug-likeness (QED) is 0.495. The van der Waals surface area contributed by atoms with Gasteiger partial charge in [-0.15, -0.1) is 23.2 Å². The average molecular weight is 175 g/mol. The Morgan fingerprint density at radius 2 is 1.60 bits per heavy atom. The Balaban J connectivity index is 1.95. The lowest BCUT2D eigenvalue weighted by molar-refractivity contribution is 0.149. The summed E-state index contributed by atoms with van der Waals surface area (Å²) in [4.78, 5) is 0. The van der Waals surface area contributed by atoms with Crippen LogP contribution in [0.5, 0.6) is 0 Å². The van der Waals surface area contributed by atoms with Crippen LogP contribution in [0.2, 0.25) is 0 Å². The molecule has 5 aliphatic rings. The second kappa shape index (κ2) is 1.08. The molecule has 5 rings (SSSR count). The molecule has 0 aromatic rings. The minimum atomic E-state index is -0.271. The lowest BCUT2D eigenvalue weighted by atomic mass is 9.72. The summed E-state index contributed by atoms with van der Waals surface area (Å²) in [5.74, 6) is 5.42. The highest BCUT2D eigenvalue weighted by Crippen LogP contribution is 2.89. The highest BCUT2D eigenvalue weighted by atomic mass is 35.5. The van der Waals surface area contributed by atoms with Crippen LogP contribution in [0.4, 0.5) is 0 Å². The molecule has 0 aromatic carbocycles. The lowest BCUT2D eigenvalue weighted by Crippen LogP contribution is -2.48. The molecule has 0 N–H and O–H groups in total. The van der Waals surface area contributed by atoms with E-state index in [2.05, 4.69) is 0 Å². The van der Waals surface area contributed by atoms with E-state index in [1.807, 2.05) is 0 Å². The van der Waals surface area contributed by atoms with Crippen LogP contribution >= 0.6 is 23.2 Å². The molecule has 2 heteroatoms. The van der Waals surface area contributed by atoms with Gasteiger partial charge in [-0.25, -0.2) is 0 Å². The Labute approximate surface area is 69.9 Å². The molecular weight excluding hydrogens is 167 g/mol. The van der Waals surface area contributed by atoms with E-state index in [1.54, 1.807) is 0 Å². The third-order valence-electron chi connectivity index (χ3n) is 4.48. The minimum absolute atomic E-state index is 0.271. The number of hydrogen-bond donors (Lipinski definition) is 0. The van der Waals surface area contributed by atoms with Crippen molar-refractivity contribution < 1.29 is 0 Å². The molecule has 4 atom stereocenters. The molecule has 6 bridgehead atoms. The molecule has 5 saturated carbocycles. The summed E-state index contributed by atoms with van der Waals surface area (Å²) in [7, 11) is 0. The molecule has 0 nitrogen and oxygen atoms in total. The van der Waals surface area contributed by atoms with Gasteiger partial charge in [0.1, 0.15) is 4.33 Å². The first-order valence-corrected chi connectivity index (χ1v) is 4.86. The van der Waals surface area contributed by atoms with Gasteiger partial charge in [0, 0.05) is 0 Å². The number of halogens is 2. The number of alkyl halides is 2. The zero-order valence-corrected chi connectivity index (χ0v) is 6.94. The highest BCUT2D eigenvalue weighted by Gasteiger charge is 2.88. The Bertz CT molecular complexity index is 211. The van der Waals surface area contributed by atoms with Crippen molar-refractivity contribution in [2.75, 3.05) is 0 Å². The number of rotatable bonds is 0. The smallest absolute Gasteiger partial charge is 0.101 e. The van der Waals surface area contributed by atoms with Crippen molar-refractivity contribution in [1.29, 1.82) is 0 Å². The first kappa shape index (κ1) is 5.27. The Kier molecular flexibility index (Phi) is 0.567. The predicted octanol–water partition coefficient (Wildman–Crippen LogP) is 2.30. The third-order valence-corrected chi connectivity index (χ3v) is 5.49. The maximum absolute atomic E-state index is 6.18. The number of hydrogen-bond acceptors (Lipinski definition) is 0. The van der Waals surface area contributed by atoms with E-state index in [0.717, 1.165) is 35.5 Å². The van der Waals surface area contributed by atoms with Crippen LogP contribution < -0.4 is 0 Å². The summed E-state index contributed by atoms with van der Waals surface area (Å²) in [6, 6.07) is 0. The van der Waals surface area contributed by atoms with Gasteiger partial charge in [0.25, 0.3) is 0 Å². The van der Waals surface area contributed by atoms with Crippen molar-refractivity contribution in [3.8, 4) is 0 Å². The topological polar surface area (TPSA) is 0 Å². The SMILES string of the molecule is ClC1(Cl)C2C3CC4C2C4C31. The Morgan fingerprint density at radius 3 is 1.90 bits per heavy atom. The van der Waals surface area contributed by atoms with Crippen molar-refractivity contribution in [3.63, 3.8) is 0 Å². The van der Waals surface area contributed by atoms with Crippen LogP contribution in [-0.2, 0) is 0 Å². The fourth-order valence-electron chi connectivity index (χ4n) is 4.34. The third kappa shape index (κ3) is 0.272. The van der Waals surface area contributed by atoms with Crippen LogP contribution in [0, 0.1) is 35.5 Å². The molecule has 0 spiro atoms. The fourth-order valence-corrected chi connectivity index (χ4v) is 5.57. The molecule has 0 heterocycles. The molecule has 0 aliphatic heterocycles. The molecule has 5 aliphatic carbocycles. The summed E-state index contributed by atoms with van der Waals surface area (Å²) in [5, 5.41) is 0. The largest absolute Gasteiger partial charge is 0.125 e.